The maximum absolute atomic E-state index is 12.8. The van der Waals surface area contributed by atoms with Gasteiger partial charge in [0, 0.05) is 11.1 Å². The second kappa shape index (κ2) is 7.43. The standard InChI is InChI=1S/C25H24N2O/c1-16-20-11-6-7-14-24(20)26-18(3)23(16)15-25(28)27-17(2)21-13-8-10-19-9-4-5-12-22(19)21/h4-14,17H,15H2,1-3H3,(H,27,28). The molecular formula is C25H24N2O. The first-order valence-electron chi connectivity index (χ1n) is 9.66. The fourth-order valence-electron chi connectivity index (χ4n) is 3.99. The molecule has 3 nitrogen and oxygen atoms in total. The number of aromatic nitrogens is 1. The molecular weight excluding hydrogens is 344 g/mol. The van der Waals surface area contributed by atoms with Crippen LogP contribution in [-0.4, -0.2) is 10.9 Å². The normalized spacial score (nSPS) is 12.2. The lowest BCUT2D eigenvalue weighted by atomic mass is 9.98. The van der Waals surface area contributed by atoms with Gasteiger partial charge in [-0.2, -0.15) is 0 Å². The van der Waals surface area contributed by atoms with Gasteiger partial charge in [0.25, 0.3) is 0 Å². The number of amides is 1. The number of nitrogens with zero attached hydrogens (tertiary/aromatic N) is 1. The molecule has 140 valence electrons. The molecule has 4 aromatic rings. The van der Waals surface area contributed by atoms with Gasteiger partial charge in [-0.15, -0.1) is 0 Å². The van der Waals surface area contributed by atoms with Crippen molar-refractivity contribution in [1.82, 2.24) is 10.3 Å². The molecule has 1 amide bonds. The summed E-state index contributed by atoms with van der Waals surface area (Å²) in [4.78, 5) is 17.5. The van der Waals surface area contributed by atoms with Crippen molar-refractivity contribution in [2.75, 3.05) is 0 Å². The van der Waals surface area contributed by atoms with Gasteiger partial charge in [0.2, 0.25) is 5.91 Å². The monoisotopic (exact) mass is 368 g/mol. The molecule has 3 aromatic carbocycles. The van der Waals surface area contributed by atoms with Crippen LogP contribution in [0.2, 0.25) is 0 Å². The van der Waals surface area contributed by atoms with E-state index in [0.29, 0.717) is 6.42 Å². The zero-order valence-corrected chi connectivity index (χ0v) is 16.5. The topological polar surface area (TPSA) is 42.0 Å². The summed E-state index contributed by atoms with van der Waals surface area (Å²) in [6.45, 7) is 6.10. The van der Waals surface area contributed by atoms with Crippen LogP contribution >= 0.6 is 0 Å². The van der Waals surface area contributed by atoms with E-state index in [1.807, 2.05) is 50.2 Å². The van der Waals surface area contributed by atoms with Gasteiger partial charge in [0.05, 0.1) is 18.0 Å². The van der Waals surface area contributed by atoms with Gasteiger partial charge < -0.3 is 5.32 Å². The fraction of sp³-hybridized carbons (Fsp3) is 0.200. The summed E-state index contributed by atoms with van der Waals surface area (Å²) < 4.78 is 0. The number of hydrogen-bond acceptors (Lipinski definition) is 2. The van der Waals surface area contributed by atoms with E-state index in [9.17, 15) is 4.79 Å². The average Bonchev–Trinajstić information content (AvgIpc) is 2.70. The van der Waals surface area contributed by atoms with E-state index in [1.54, 1.807) is 0 Å². The van der Waals surface area contributed by atoms with Gasteiger partial charge in [-0.05, 0) is 54.3 Å². The zero-order chi connectivity index (χ0) is 19.7. The van der Waals surface area contributed by atoms with Crippen LogP contribution in [0.15, 0.2) is 66.7 Å². The summed E-state index contributed by atoms with van der Waals surface area (Å²) in [6, 6.07) is 22.5. The Morgan fingerprint density at radius 2 is 1.61 bits per heavy atom. The molecule has 0 saturated heterocycles. The van der Waals surface area contributed by atoms with E-state index in [2.05, 4.69) is 47.6 Å². The molecule has 4 rings (SSSR count). The smallest absolute Gasteiger partial charge is 0.224 e. The third-order valence-corrected chi connectivity index (χ3v) is 5.49. The highest BCUT2D eigenvalue weighted by Gasteiger charge is 2.16. The lowest BCUT2D eigenvalue weighted by Crippen LogP contribution is -2.28. The summed E-state index contributed by atoms with van der Waals surface area (Å²) in [5.41, 5.74) is 5.18. The molecule has 0 saturated carbocycles. The first kappa shape index (κ1) is 18.2. The van der Waals surface area contributed by atoms with E-state index < -0.39 is 0 Å². The van der Waals surface area contributed by atoms with E-state index in [4.69, 9.17) is 0 Å². The van der Waals surface area contributed by atoms with E-state index >= 15 is 0 Å². The highest BCUT2D eigenvalue weighted by atomic mass is 16.1. The number of rotatable bonds is 4. The third-order valence-electron chi connectivity index (χ3n) is 5.49. The van der Waals surface area contributed by atoms with Crippen LogP contribution in [0.25, 0.3) is 21.7 Å². The van der Waals surface area contributed by atoms with Gasteiger partial charge >= 0.3 is 0 Å². The number of benzene rings is 3. The second-order valence-corrected chi connectivity index (χ2v) is 7.35. The van der Waals surface area contributed by atoms with Crippen LogP contribution < -0.4 is 5.32 Å². The lowest BCUT2D eigenvalue weighted by molar-refractivity contribution is -0.121. The predicted octanol–water partition coefficient (Wildman–Crippen LogP) is 5.42. The second-order valence-electron chi connectivity index (χ2n) is 7.35. The first-order valence-corrected chi connectivity index (χ1v) is 9.66. The lowest BCUT2D eigenvalue weighted by Gasteiger charge is -2.18. The SMILES string of the molecule is Cc1nc2ccccc2c(C)c1CC(=O)NC(C)c1cccc2ccccc12. The van der Waals surface area contributed by atoms with E-state index in [1.165, 1.54) is 10.8 Å². The molecule has 0 aliphatic carbocycles. The maximum atomic E-state index is 12.8. The molecule has 1 unspecified atom stereocenters. The molecule has 0 spiro atoms. The highest BCUT2D eigenvalue weighted by Crippen LogP contribution is 2.25. The Morgan fingerprint density at radius 3 is 2.43 bits per heavy atom. The maximum Gasteiger partial charge on any atom is 0.224 e. The minimum absolute atomic E-state index is 0.0173. The predicted molar refractivity (Wildman–Crippen MR) is 115 cm³/mol. The van der Waals surface area contributed by atoms with Crippen molar-refractivity contribution in [2.24, 2.45) is 0 Å². The molecule has 0 aliphatic heterocycles. The number of pyridine rings is 1. The third kappa shape index (κ3) is 3.36. The van der Waals surface area contributed by atoms with Crippen LogP contribution in [0.1, 0.15) is 35.3 Å². The van der Waals surface area contributed by atoms with Crippen molar-refractivity contribution in [3.05, 3.63) is 89.1 Å². The van der Waals surface area contributed by atoms with Gasteiger partial charge in [-0.1, -0.05) is 60.7 Å². The number of nitrogens with one attached hydrogen (secondary N) is 1. The fourth-order valence-corrected chi connectivity index (χ4v) is 3.99. The van der Waals surface area contributed by atoms with E-state index in [0.717, 1.165) is 33.3 Å². The Balaban J connectivity index is 1.58. The largest absolute Gasteiger partial charge is 0.349 e. The molecule has 0 radical (unpaired) electrons. The molecule has 0 bridgehead atoms. The van der Waals surface area contributed by atoms with Crippen LogP contribution in [0.4, 0.5) is 0 Å². The summed E-state index contributed by atoms with van der Waals surface area (Å²) in [6.07, 6.45) is 0.338. The number of carbonyl (C=O) groups is 1. The Bertz CT molecular complexity index is 1170. The van der Waals surface area contributed by atoms with Gasteiger partial charge in [-0.3, -0.25) is 9.78 Å². The van der Waals surface area contributed by atoms with Crippen LogP contribution in [-0.2, 0) is 11.2 Å². The number of para-hydroxylation sites is 1. The Morgan fingerprint density at radius 1 is 0.929 bits per heavy atom. The minimum atomic E-state index is -0.0624. The van der Waals surface area contributed by atoms with Gasteiger partial charge in [-0.25, -0.2) is 0 Å². The summed E-state index contributed by atoms with van der Waals surface area (Å²) in [5.74, 6) is 0.0173. The van der Waals surface area contributed by atoms with Gasteiger partial charge in [0.15, 0.2) is 0 Å². The Labute approximate surface area is 165 Å². The number of hydrogen-bond donors (Lipinski definition) is 1. The van der Waals surface area contributed by atoms with E-state index in [-0.39, 0.29) is 11.9 Å². The molecule has 0 aliphatic rings. The molecule has 3 heteroatoms. The molecule has 1 N–H and O–H groups in total. The zero-order valence-electron chi connectivity index (χ0n) is 16.5. The van der Waals surface area contributed by atoms with Crippen molar-refractivity contribution in [3.63, 3.8) is 0 Å². The number of fused-ring (bicyclic) bond motifs is 2. The molecule has 1 atom stereocenters. The summed E-state index contributed by atoms with van der Waals surface area (Å²) in [5, 5.41) is 6.65. The quantitative estimate of drug-likeness (QED) is 0.522. The summed E-state index contributed by atoms with van der Waals surface area (Å²) >= 11 is 0. The van der Waals surface area contributed by atoms with Crippen LogP contribution in [0.5, 0.6) is 0 Å². The molecule has 1 aromatic heterocycles. The Kier molecular flexibility index (Phi) is 4.82. The number of carbonyl (C=O) groups excluding carboxylic acids is 1. The number of aryl methyl sites for hydroxylation is 2. The van der Waals surface area contributed by atoms with Crippen molar-refractivity contribution >= 4 is 27.6 Å². The van der Waals surface area contributed by atoms with Crippen molar-refractivity contribution in [2.45, 2.75) is 33.2 Å². The molecule has 28 heavy (non-hydrogen) atoms. The van der Waals surface area contributed by atoms with Crippen LogP contribution in [0, 0.1) is 13.8 Å². The van der Waals surface area contributed by atoms with Gasteiger partial charge in [0.1, 0.15) is 0 Å². The van der Waals surface area contributed by atoms with Crippen molar-refractivity contribution in [3.8, 4) is 0 Å². The minimum Gasteiger partial charge on any atom is -0.349 e. The highest BCUT2D eigenvalue weighted by molar-refractivity contribution is 5.88. The summed E-state index contributed by atoms with van der Waals surface area (Å²) in [7, 11) is 0. The molecule has 0 fully saturated rings. The Hall–Kier alpha value is -3.20. The first-order chi connectivity index (χ1) is 13.5. The molecule has 1 heterocycles. The van der Waals surface area contributed by atoms with Crippen molar-refractivity contribution < 1.29 is 4.79 Å². The van der Waals surface area contributed by atoms with Crippen molar-refractivity contribution in [1.29, 1.82) is 0 Å². The average molecular weight is 368 g/mol. The van der Waals surface area contributed by atoms with Crippen LogP contribution in [0.3, 0.4) is 0 Å².